The molecule has 2 saturated heterocycles. The van der Waals surface area contributed by atoms with Crippen LogP contribution in [0.4, 0.5) is 0 Å². The van der Waals surface area contributed by atoms with E-state index >= 15 is 0 Å². The number of aliphatic hydroxyl groups is 1. The molecule has 0 radical (unpaired) electrons. The second-order valence-electron chi connectivity index (χ2n) is 10.7. The van der Waals surface area contributed by atoms with Crippen molar-refractivity contribution in [3.05, 3.63) is 60.2 Å². The monoisotopic (exact) mass is 524 g/mol. The van der Waals surface area contributed by atoms with Gasteiger partial charge in [-0.2, -0.15) is 0 Å². The highest BCUT2D eigenvalue weighted by Crippen LogP contribution is 2.65. The van der Waals surface area contributed by atoms with Gasteiger partial charge in [-0.05, 0) is 38.2 Å². The van der Waals surface area contributed by atoms with Crippen LogP contribution in [0.2, 0.25) is 0 Å². The number of hydrogen-bond donors (Lipinski definition) is 1. The first kappa shape index (κ1) is 26.0. The van der Waals surface area contributed by atoms with Gasteiger partial charge in [0.15, 0.2) is 0 Å². The second-order valence-corrected chi connectivity index (χ2v) is 12.5. The maximum absolute atomic E-state index is 14.4. The Morgan fingerprint density at radius 1 is 1.08 bits per heavy atom. The van der Waals surface area contributed by atoms with Crippen LogP contribution in [0.3, 0.4) is 0 Å². The number of benzene rings is 1. The van der Waals surface area contributed by atoms with E-state index in [0.717, 1.165) is 24.8 Å². The summed E-state index contributed by atoms with van der Waals surface area (Å²) in [4.78, 5) is 45.6. The molecule has 1 N–H and O–H groups in total. The zero-order valence-corrected chi connectivity index (χ0v) is 22.4. The standard InChI is InChI=1S/C29H36N2O5S/c1-3-21(19-32)31-24-26(34)30(18-20-12-7-6-8-13-20)16-11-15-29(24)22(25(31)33)23-27(35)36-17-10-5-4-9-14-28(23,2)37-29/h6-9,11-15,21-24,32H,3-5,10,16-19H2,1-2H3/b14-9-/t21-,22-,23+,24?,28-,29-/m0/s1. The molecule has 1 spiro atoms. The van der Waals surface area contributed by atoms with E-state index in [0.29, 0.717) is 26.1 Å². The molecule has 8 heteroatoms. The summed E-state index contributed by atoms with van der Waals surface area (Å²) in [6.45, 7) is 4.83. The first-order valence-electron chi connectivity index (χ1n) is 13.3. The van der Waals surface area contributed by atoms with Gasteiger partial charge < -0.3 is 19.6 Å². The quantitative estimate of drug-likeness (QED) is 0.470. The van der Waals surface area contributed by atoms with Gasteiger partial charge in [0.25, 0.3) is 0 Å². The van der Waals surface area contributed by atoms with Gasteiger partial charge in [0.2, 0.25) is 11.8 Å². The zero-order chi connectivity index (χ0) is 26.2. The first-order chi connectivity index (χ1) is 17.9. The zero-order valence-electron chi connectivity index (χ0n) is 21.5. The molecule has 0 bridgehead atoms. The molecule has 0 aromatic heterocycles. The number of carbonyl (C=O) groups is 3. The van der Waals surface area contributed by atoms with Crippen molar-refractivity contribution in [2.75, 3.05) is 19.8 Å². The Labute approximate surface area is 222 Å². The van der Waals surface area contributed by atoms with Crippen molar-refractivity contribution in [2.45, 2.75) is 67.7 Å². The average molecular weight is 525 g/mol. The van der Waals surface area contributed by atoms with Gasteiger partial charge in [-0.3, -0.25) is 14.4 Å². The van der Waals surface area contributed by atoms with Crippen LogP contribution < -0.4 is 0 Å². The molecule has 1 aromatic carbocycles. The molecule has 4 aliphatic rings. The second kappa shape index (κ2) is 10.3. The fraction of sp³-hybridized carbons (Fsp3) is 0.552. The molecule has 4 heterocycles. The van der Waals surface area contributed by atoms with E-state index in [1.54, 1.807) is 21.6 Å². The van der Waals surface area contributed by atoms with E-state index in [9.17, 15) is 19.5 Å². The van der Waals surface area contributed by atoms with Crippen LogP contribution in [0.25, 0.3) is 0 Å². The predicted octanol–water partition coefficient (Wildman–Crippen LogP) is 3.33. The van der Waals surface area contributed by atoms with E-state index in [-0.39, 0.29) is 24.4 Å². The number of ether oxygens (including phenoxy) is 1. The van der Waals surface area contributed by atoms with E-state index in [1.165, 1.54) is 0 Å². The van der Waals surface area contributed by atoms with Crippen LogP contribution in [0.5, 0.6) is 0 Å². The Bertz CT molecular complexity index is 1100. The summed E-state index contributed by atoms with van der Waals surface area (Å²) in [5, 5.41) is 10.3. The summed E-state index contributed by atoms with van der Waals surface area (Å²) in [6, 6.07) is 8.49. The van der Waals surface area contributed by atoms with E-state index in [2.05, 4.69) is 12.2 Å². The Morgan fingerprint density at radius 2 is 1.86 bits per heavy atom. The predicted molar refractivity (Wildman–Crippen MR) is 142 cm³/mol. The third-order valence-electron chi connectivity index (χ3n) is 8.31. The van der Waals surface area contributed by atoms with Crippen molar-refractivity contribution < 1.29 is 24.2 Å². The Kier molecular flexibility index (Phi) is 7.24. The first-order valence-corrected chi connectivity index (χ1v) is 14.2. The smallest absolute Gasteiger partial charge is 0.311 e. The number of aliphatic hydroxyl groups excluding tert-OH is 1. The van der Waals surface area contributed by atoms with Crippen molar-refractivity contribution in [3.63, 3.8) is 0 Å². The lowest BCUT2D eigenvalue weighted by molar-refractivity contribution is -0.155. The van der Waals surface area contributed by atoms with Crippen molar-refractivity contribution in [1.29, 1.82) is 0 Å². The molecule has 7 nitrogen and oxygen atoms in total. The number of thioether (sulfide) groups is 1. The minimum absolute atomic E-state index is 0.145. The number of esters is 1. The van der Waals surface area contributed by atoms with E-state index in [4.69, 9.17) is 4.74 Å². The summed E-state index contributed by atoms with van der Waals surface area (Å²) in [6.07, 6.45) is 11.3. The number of carbonyl (C=O) groups excluding carboxylic acids is 3. The average Bonchev–Trinajstić information content (AvgIpc) is 3.23. The molecule has 6 atom stereocenters. The lowest BCUT2D eigenvalue weighted by Gasteiger charge is -2.39. The fourth-order valence-corrected chi connectivity index (χ4v) is 8.68. The number of hydrogen-bond acceptors (Lipinski definition) is 6. The molecule has 5 rings (SSSR count). The molecule has 198 valence electrons. The van der Waals surface area contributed by atoms with Crippen LogP contribution in [0.1, 0.15) is 45.1 Å². The molecule has 1 unspecified atom stereocenters. The fourth-order valence-electron chi connectivity index (χ4n) is 6.54. The maximum Gasteiger partial charge on any atom is 0.311 e. The van der Waals surface area contributed by atoms with Crippen molar-refractivity contribution in [2.24, 2.45) is 11.8 Å². The van der Waals surface area contributed by atoms with Gasteiger partial charge in [-0.1, -0.05) is 61.6 Å². The number of nitrogens with zero attached hydrogens (tertiary/aromatic N) is 2. The topological polar surface area (TPSA) is 87.2 Å². The number of fused-ring (bicyclic) bond motifs is 2. The summed E-state index contributed by atoms with van der Waals surface area (Å²) < 4.78 is 4.08. The highest BCUT2D eigenvalue weighted by atomic mass is 32.2. The Hall–Kier alpha value is -2.58. The number of allylic oxidation sites excluding steroid dienone is 1. The normalized spacial score (nSPS) is 35.3. The third-order valence-corrected chi connectivity index (χ3v) is 10.1. The molecular formula is C29H36N2O5S. The molecule has 4 aliphatic heterocycles. The summed E-state index contributed by atoms with van der Waals surface area (Å²) in [5.41, 5.74) is 1.01. The van der Waals surface area contributed by atoms with Crippen LogP contribution in [0, 0.1) is 11.8 Å². The van der Waals surface area contributed by atoms with Crippen LogP contribution in [-0.4, -0.2) is 74.0 Å². The SMILES string of the molecule is CC[C@@H](CO)N1C(=O)[C@@H]2[C@@H]3C(=O)OCCCC/C=C\[C@]3(C)S[C@@]23C=CCN(Cc2ccccc2)C(=O)C13. The molecule has 0 saturated carbocycles. The largest absolute Gasteiger partial charge is 0.465 e. The van der Waals surface area contributed by atoms with Crippen molar-refractivity contribution in [3.8, 4) is 0 Å². The van der Waals surface area contributed by atoms with Crippen LogP contribution in [0.15, 0.2) is 54.6 Å². The summed E-state index contributed by atoms with van der Waals surface area (Å²) in [5.74, 6) is -2.23. The molecule has 2 fully saturated rings. The number of likely N-dealkylation sites (tertiary alicyclic amines) is 1. The van der Waals surface area contributed by atoms with Gasteiger partial charge in [0.1, 0.15) is 6.04 Å². The lowest BCUT2D eigenvalue weighted by Crippen LogP contribution is -2.56. The maximum atomic E-state index is 14.4. The molecule has 1 aromatic rings. The highest BCUT2D eigenvalue weighted by Gasteiger charge is 2.74. The Morgan fingerprint density at radius 3 is 2.59 bits per heavy atom. The van der Waals surface area contributed by atoms with Gasteiger partial charge in [-0.15, -0.1) is 11.8 Å². The van der Waals surface area contributed by atoms with Crippen molar-refractivity contribution in [1.82, 2.24) is 9.80 Å². The molecule has 37 heavy (non-hydrogen) atoms. The molecule has 0 aliphatic carbocycles. The van der Waals surface area contributed by atoms with Crippen molar-refractivity contribution >= 4 is 29.5 Å². The summed E-state index contributed by atoms with van der Waals surface area (Å²) in [7, 11) is 0. The third kappa shape index (κ3) is 4.32. The van der Waals surface area contributed by atoms with E-state index in [1.807, 2.05) is 56.3 Å². The van der Waals surface area contributed by atoms with Crippen LogP contribution >= 0.6 is 11.8 Å². The lowest BCUT2D eigenvalue weighted by atomic mass is 9.74. The van der Waals surface area contributed by atoms with E-state index < -0.39 is 33.4 Å². The van der Waals surface area contributed by atoms with Gasteiger partial charge in [0, 0.05) is 17.8 Å². The van der Waals surface area contributed by atoms with Gasteiger partial charge >= 0.3 is 5.97 Å². The number of amides is 2. The van der Waals surface area contributed by atoms with Crippen LogP contribution in [-0.2, 0) is 25.7 Å². The summed E-state index contributed by atoms with van der Waals surface area (Å²) >= 11 is 1.55. The minimum Gasteiger partial charge on any atom is -0.465 e. The Balaban J connectivity index is 1.62. The number of cyclic esters (lactones) is 1. The molecule has 2 amide bonds. The molecular weight excluding hydrogens is 488 g/mol. The number of rotatable bonds is 5. The van der Waals surface area contributed by atoms with Gasteiger partial charge in [0.05, 0.1) is 35.8 Å². The highest BCUT2D eigenvalue weighted by molar-refractivity contribution is 8.02. The van der Waals surface area contributed by atoms with Gasteiger partial charge in [-0.25, -0.2) is 0 Å². The minimum atomic E-state index is -0.932.